The van der Waals surface area contributed by atoms with Crippen LogP contribution in [0.15, 0.2) is 30.6 Å². The Bertz CT molecular complexity index is 1190. The molecule has 150 valence electrons. The summed E-state index contributed by atoms with van der Waals surface area (Å²) in [6.07, 6.45) is 1.63. The summed E-state index contributed by atoms with van der Waals surface area (Å²) in [7, 11) is 0. The van der Waals surface area contributed by atoms with E-state index in [4.69, 9.17) is 16.3 Å². The lowest BCUT2D eigenvalue weighted by molar-refractivity contribution is 0.0306. The number of halogens is 1. The largest absolute Gasteiger partial charge is 0.464 e. The summed E-state index contributed by atoms with van der Waals surface area (Å²) in [6, 6.07) is 5.45. The SMILES string of the molecule is CC(C)(C)OC(=O)N1CC=C(c2ccc3c4c(Cl)ncnc4n(C(=O)O)c3c2)C1. The molecule has 0 aliphatic carbocycles. The highest BCUT2D eigenvalue weighted by atomic mass is 35.5. The van der Waals surface area contributed by atoms with Crippen molar-refractivity contribution in [3.63, 3.8) is 0 Å². The lowest BCUT2D eigenvalue weighted by Crippen LogP contribution is -2.35. The van der Waals surface area contributed by atoms with E-state index < -0.39 is 11.7 Å². The average molecular weight is 415 g/mol. The maximum absolute atomic E-state index is 12.3. The zero-order valence-corrected chi connectivity index (χ0v) is 16.9. The molecule has 1 amide bonds. The van der Waals surface area contributed by atoms with Gasteiger partial charge in [0.1, 0.15) is 17.1 Å². The van der Waals surface area contributed by atoms with Crippen molar-refractivity contribution in [2.45, 2.75) is 26.4 Å². The van der Waals surface area contributed by atoms with Crippen molar-refractivity contribution < 1.29 is 19.4 Å². The molecule has 4 rings (SSSR count). The highest BCUT2D eigenvalue weighted by molar-refractivity contribution is 6.36. The smallest absolute Gasteiger partial charge is 0.417 e. The maximum Gasteiger partial charge on any atom is 0.417 e. The van der Waals surface area contributed by atoms with Gasteiger partial charge in [-0.2, -0.15) is 0 Å². The van der Waals surface area contributed by atoms with Crippen LogP contribution in [0.2, 0.25) is 5.15 Å². The quantitative estimate of drug-likeness (QED) is 0.593. The molecular weight excluding hydrogens is 396 g/mol. The predicted octanol–water partition coefficient (Wildman–Crippen LogP) is 4.40. The van der Waals surface area contributed by atoms with E-state index in [0.29, 0.717) is 29.4 Å². The molecule has 0 saturated carbocycles. The summed E-state index contributed by atoms with van der Waals surface area (Å²) >= 11 is 6.20. The number of hydrogen-bond donors (Lipinski definition) is 1. The highest BCUT2D eigenvalue weighted by Crippen LogP contribution is 2.34. The van der Waals surface area contributed by atoms with E-state index >= 15 is 0 Å². The molecule has 9 heteroatoms. The van der Waals surface area contributed by atoms with Crippen molar-refractivity contribution in [3.05, 3.63) is 41.3 Å². The second-order valence-electron chi connectivity index (χ2n) is 7.80. The van der Waals surface area contributed by atoms with Gasteiger partial charge in [-0.3, -0.25) is 0 Å². The van der Waals surface area contributed by atoms with Crippen LogP contribution in [0.1, 0.15) is 26.3 Å². The minimum atomic E-state index is -1.16. The van der Waals surface area contributed by atoms with Crippen molar-refractivity contribution in [1.29, 1.82) is 0 Å². The van der Waals surface area contributed by atoms with Crippen molar-refractivity contribution in [3.8, 4) is 0 Å². The molecule has 0 radical (unpaired) electrons. The Morgan fingerprint density at radius 3 is 2.69 bits per heavy atom. The van der Waals surface area contributed by atoms with Crippen LogP contribution in [-0.2, 0) is 4.74 Å². The molecule has 0 fully saturated rings. The van der Waals surface area contributed by atoms with E-state index in [0.717, 1.165) is 15.7 Å². The van der Waals surface area contributed by atoms with Crippen LogP contribution in [0.25, 0.3) is 27.5 Å². The number of nitrogens with zero attached hydrogens (tertiary/aromatic N) is 4. The Hall–Kier alpha value is -3.13. The molecule has 8 nitrogen and oxygen atoms in total. The number of fused-ring (bicyclic) bond motifs is 3. The Kier molecular flexibility index (Phi) is 4.46. The van der Waals surface area contributed by atoms with Gasteiger partial charge >= 0.3 is 12.2 Å². The van der Waals surface area contributed by atoms with Gasteiger partial charge in [0.15, 0.2) is 5.65 Å². The van der Waals surface area contributed by atoms with Gasteiger partial charge in [0.25, 0.3) is 0 Å². The van der Waals surface area contributed by atoms with Gasteiger partial charge in [-0.25, -0.2) is 24.1 Å². The van der Waals surface area contributed by atoms with Crippen LogP contribution in [0.5, 0.6) is 0 Å². The van der Waals surface area contributed by atoms with Crippen molar-refractivity contribution in [2.24, 2.45) is 0 Å². The zero-order valence-electron chi connectivity index (χ0n) is 16.1. The van der Waals surface area contributed by atoms with Gasteiger partial charge in [0.2, 0.25) is 0 Å². The van der Waals surface area contributed by atoms with Gasteiger partial charge in [-0.05, 0) is 38.0 Å². The fourth-order valence-electron chi connectivity index (χ4n) is 3.42. The number of carboxylic acid groups (broad SMARTS) is 1. The third kappa shape index (κ3) is 3.40. The van der Waals surface area contributed by atoms with Crippen LogP contribution < -0.4 is 0 Å². The standard InChI is InChI=1S/C20H19ClN4O4/c1-20(2,3)29-19(28)24-7-6-12(9-24)11-4-5-13-14(8-11)25(18(26)27)17-15(13)16(21)22-10-23-17/h4-6,8,10H,7,9H2,1-3H3,(H,26,27). The molecule has 3 aromatic rings. The van der Waals surface area contributed by atoms with Crippen molar-refractivity contribution in [1.82, 2.24) is 19.4 Å². The van der Waals surface area contributed by atoms with Gasteiger partial charge in [0.05, 0.1) is 10.9 Å². The molecule has 1 aliphatic rings. The van der Waals surface area contributed by atoms with E-state index in [9.17, 15) is 14.7 Å². The summed E-state index contributed by atoms with van der Waals surface area (Å²) in [4.78, 5) is 33.9. The number of ether oxygens (including phenoxy) is 1. The van der Waals surface area contributed by atoms with E-state index in [1.54, 1.807) is 17.0 Å². The number of carbonyl (C=O) groups is 2. The molecule has 2 aromatic heterocycles. The molecule has 1 N–H and O–H groups in total. The normalized spacial score (nSPS) is 14.5. The summed E-state index contributed by atoms with van der Waals surface area (Å²) in [6.45, 7) is 6.28. The Morgan fingerprint density at radius 2 is 2.00 bits per heavy atom. The first kappa shape index (κ1) is 19.2. The average Bonchev–Trinajstić information content (AvgIpc) is 3.23. The predicted molar refractivity (Wildman–Crippen MR) is 109 cm³/mol. The molecular formula is C20H19ClN4O4. The summed E-state index contributed by atoms with van der Waals surface area (Å²) in [5.74, 6) is 0. The van der Waals surface area contributed by atoms with E-state index in [1.807, 2.05) is 32.9 Å². The van der Waals surface area contributed by atoms with Crippen molar-refractivity contribution >= 4 is 51.3 Å². The van der Waals surface area contributed by atoms with E-state index in [2.05, 4.69) is 9.97 Å². The third-order valence-electron chi connectivity index (χ3n) is 4.63. The molecule has 0 saturated heterocycles. The van der Waals surface area contributed by atoms with Crippen molar-refractivity contribution in [2.75, 3.05) is 13.1 Å². The zero-order chi connectivity index (χ0) is 20.9. The summed E-state index contributed by atoms with van der Waals surface area (Å²) in [5, 5.41) is 11.1. The molecule has 29 heavy (non-hydrogen) atoms. The molecule has 0 atom stereocenters. The number of amides is 1. The fraction of sp³-hybridized carbons (Fsp3) is 0.300. The maximum atomic E-state index is 12.3. The number of hydrogen-bond acceptors (Lipinski definition) is 5. The number of rotatable bonds is 1. The van der Waals surface area contributed by atoms with E-state index in [1.165, 1.54) is 6.33 Å². The first-order chi connectivity index (χ1) is 13.7. The molecule has 1 aliphatic heterocycles. The third-order valence-corrected chi connectivity index (χ3v) is 4.92. The van der Waals surface area contributed by atoms with Crippen LogP contribution >= 0.6 is 11.6 Å². The lowest BCUT2D eigenvalue weighted by atomic mass is 10.0. The summed E-state index contributed by atoms with van der Waals surface area (Å²) in [5.41, 5.74) is 1.86. The van der Waals surface area contributed by atoms with E-state index in [-0.39, 0.29) is 16.9 Å². The minimum Gasteiger partial charge on any atom is -0.464 e. The number of benzene rings is 1. The molecule has 0 spiro atoms. The highest BCUT2D eigenvalue weighted by Gasteiger charge is 2.26. The number of carbonyl (C=O) groups excluding carboxylic acids is 1. The first-order valence-corrected chi connectivity index (χ1v) is 9.39. The molecule has 0 unspecified atom stereocenters. The Morgan fingerprint density at radius 1 is 1.24 bits per heavy atom. The topological polar surface area (TPSA) is 97.5 Å². The second kappa shape index (κ2) is 6.73. The first-order valence-electron chi connectivity index (χ1n) is 9.01. The number of aromatic nitrogens is 3. The lowest BCUT2D eigenvalue weighted by Gasteiger charge is -2.24. The molecule has 0 bridgehead atoms. The Labute approximate surface area is 171 Å². The Balaban J connectivity index is 1.73. The van der Waals surface area contributed by atoms with Crippen LogP contribution in [-0.4, -0.2) is 55.4 Å². The fourth-order valence-corrected chi connectivity index (χ4v) is 3.65. The second-order valence-corrected chi connectivity index (χ2v) is 8.16. The van der Waals surface area contributed by atoms with Gasteiger partial charge in [0, 0.05) is 18.5 Å². The van der Waals surface area contributed by atoms with Gasteiger partial charge in [-0.1, -0.05) is 29.8 Å². The monoisotopic (exact) mass is 414 g/mol. The van der Waals surface area contributed by atoms with Crippen LogP contribution in [0.4, 0.5) is 9.59 Å². The van der Waals surface area contributed by atoms with Crippen LogP contribution in [0, 0.1) is 0 Å². The molecule has 3 heterocycles. The minimum absolute atomic E-state index is 0.198. The van der Waals surface area contributed by atoms with Crippen LogP contribution in [0.3, 0.4) is 0 Å². The molecule has 1 aromatic carbocycles. The van der Waals surface area contributed by atoms with Gasteiger partial charge < -0.3 is 14.7 Å². The van der Waals surface area contributed by atoms with Gasteiger partial charge in [-0.15, -0.1) is 0 Å². The summed E-state index contributed by atoms with van der Waals surface area (Å²) < 4.78 is 6.52.